The molecule has 2 aliphatic rings. The van der Waals surface area contributed by atoms with Crippen LogP contribution in [0.1, 0.15) is 28.5 Å². The number of amides is 1. The lowest BCUT2D eigenvalue weighted by atomic mass is 9.85. The van der Waals surface area contributed by atoms with Gasteiger partial charge in [-0.25, -0.2) is 4.98 Å². The normalized spacial score (nSPS) is 29.6. The Kier molecular flexibility index (Phi) is 2.71. The zero-order chi connectivity index (χ0) is 12.9. The van der Waals surface area contributed by atoms with Gasteiger partial charge in [0.25, 0.3) is 5.91 Å². The summed E-state index contributed by atoms with van der Waals surface area (Å²) in [6.45, 7) is 9.27. The lowest BCUT2D eigenvalue weighted by molar-refractivity contribution is 0.0608. The van der Waals surface area contributed by atoms with Gasteiger partial charge in [0.05, 0.1) is 11.2 Å². The first kappa shape index (κ1) is 12.1. The standard InChI is InChI=1S/C13H19N3OS/c1-8-15-6-11(18-8)12(17)16-7-9-4-14-5-10(9)13(16,2)3/h6,9-10,14H,4-5,7H2,1-3H3. The molecule has 3 rings (SSSR count). The highest BCUT2D eigenvalue weighted by molar-refractivity contribution is 7.13. The number of hydrogen-bond donors (Lipinski definition) is 1. The number of nitrogens with zero attached hydrogens (tertiary/aromatic N) is 2. The Morgan fingerprint density at radius 3 is 2.94 bits per heavy atom. The van der Waals surface area contributed by atoms with Crippen molar-refractivity contribution in [3.63, 3.8) is 0 Å². The Balaban J connectivity index is 1.87. The lowest BCUT2D eigenvalue weighted by Gasteiger charge is -2.35. The smallest absolute Gasteiger partial charge is 0.266 e. The van der Waals surface area contributed by atoms with Gasteiger partial charge >= 0.3 is 0 Å². The molecular weight excluding hydrogens is 246 g/mol. The molecule has 4 nitrogen and oxygen atoms in total. The summed E-state index contributed by atoms with van der Waals surface area (Å²) in [6.07, 6.45) is 1.71. The van der Waals surface area contributed by atoms with E-state index in [2.05, 4.69) is 29.0 Å². The van der Waals surface area contributed by atoms with Crippen LogP contribution in [0.25, 0.3) is 0 Å². The third-order valence-electron chi connectivity index (χ3n) is 4.44. The largest absolute Gasteiger partial charge is 0.332 e. The summed E-state index contributed by atoms with van der Waals surface area (Å²) >= 11 is 1.49. The van der Waals surface area contributed by atoms with Gasteiger partial charge in [-0.3, -0.25) is 4.79 Å². The summed E-state index contributed by atoms with van der Waals surface area (Å²) in [5, 5.41) is 4.39. The SMILES string of the molecule is Cc1ncc(C(=O)N2CC3CNCC3C2(C)C)s1. The molecule has 2 saturated heterocycles. The van der Waals surface area contributed by atoms with Gasteiger partial charge in [0.2, 0.25) is 0 Å². The molecule has 0 spiro atoms. The predicted molar refractivity (Wildman–Crippen MR) is 71.8 cm³/mol. The fourth-order valence-electron chi connectivity index (χ4n) is 3.36. The monoisotopic (exact) mass is 265 g/mol. The zero-order valence-corrected chi connectivity index (χ0v) is 11.9. The van der Waals surface area contributed by atoms with Crippen molar-refractivity contribution in [1.29, 1.82) is 0 Å². The highest BCUT2D eigenvalue weighted by atomic mass is 32.1. The van der Waals surface area contributed by atoms with Crippen LogP contribution < -0.4 is 5.32 Å². The minimum Gasteiger partial charge on any atom is -0.332 e. The van der Waals surface area contributed by atoms with E-state index in [1.807, 2.05) is 6.92 Å². The van der Waals surface area contributed by atoms with Crippen molar-refractivity contribution < 1.29 is 4.79 Å². The second kappa shape index (κ2) is 4.03. The van der Waals surface area contributed by atoms with Gasteiger partial charge in [-0.2, -0.15) is 0 Å². The number of aromatic nitrogens is 1. The summed E-state index contributed by atoms with van der Waals surface area (Å²) in [7, 11) is 0. The second-order valence-corrected chi connectivity index (χ2v) is 7.07. The van der Waals surface area contributed by atoms with Crippen molar-refractivity contribution in [3.05, 3.63) is 16.1 Å². The van der Waals surface area contributed by atoms with Crippen LogP contribution in [-0.2, 0) is 0 Å². The highest BCUT2D eigenvalue weighted by Gasteiger charge is 2.51. The fraction of sp³-hybridized carbons (Fsp3) is 0.692. The Morgan fingerprint density at radius 2 is 2.33 bits per heavy atom. The van der Waals surface area contributed by atoms with Crippen LogP contribution in [0.5, 0.6) is 0 Å². The Morgan fingerprint density at radius 1 is 1.56 bits per heavy atom. The van der Waals surface area contributed by atoms with Gasteiger partial charge in [0.1, 0.15) is 4.88 Å². The van der Waals surface area contributed by atoms with Crippen molar-refractivity contribution in [3.8, 4) is 0 Å². The van der Waals surface area contributed by atoms with Gasteiger partial charge in [0, 0.05) is 25.2 Å². The van der Waals surface area contributed by atoms with E-state index in [1.165, 1.54) is 11.3 Å². The first-order valence-electron chi connectivity index (χ1n) is 6.45. The molecule has 0 aromatic carbocycles. The van der Waals surface area contributed by atoms with Crippen molar-refractivity contribution >= 4 is 17.2 Å². The summed E-state index contributed by atoms with van der Waals surface area (Å²) in [6, 6.07) is 0. The van der Waals surface area contributed by atoms with Gasteiger partial charge in [-0.1, -0.05) is 0 Å². The minimum absolute atomic E-state index is 0.0524. The van der Waals surface area contributed by atoms with Gasteiger partial charge in [0.15, 0.2) is 0 Å². The molecular formula is C13H19N3OS. The first-order valence-corrected chi connectivity index (χ1v) is 7.27. The number of hydrogen-bond acceptors (Lipinski definition) is 4. The van der Waals surface area contributed by atoms with E-state index < -0.39 is 0 Å². The van der Waals surface area contributed by atoms with E-state index in [0.29, 0.717) is 11.8 Å². The average Bonchev–Trinajstić information content (AvgIpc) is 2.96. The van der Waals surface area contributed by atoms with Crippen molar-refractivity contribution in [2.75, 3.05) is 19.6 Å². The molecule has 1 amide bonds. The van der Waals surface area contributed by atoms with Crippen molar-refractivity contribution in [2.24, 2.45) is 11.8 Å². The van der Waals surface area contributed by atoms with Crippen LogP contribution >= 0.6 is 11.3 Å². The maximum Gasteiger partial charge on any atom is 0.266 e. The molecule has 5 heteroatoms. The van der Waals surface area contributed by atoms with Gasteiger partial charge < -0.3 is 10.2 Å². The summed E-state index contributed by atoms with van der Waals surface area (Å²) in [5.41, 5.74) is -0.0524. The summed E-state index contributed by atoms with van der Waals surface area (Å²) in [5.74, 6) is 1.34. The number of nitrogens with one attached hydrogen (secondary N) is 1. The highest BCUT2D eigenvalue weighted by Crippen LogP contribution is 2.41. The molecule has 1 aromatic heterocycles. The molecule has 2 unspecified atom stereocenters. The van der Waals surface area contributed by atoms with Gasteiger partial charge in [-0.05, 0) is 32.6 Å². The number of fused-ring (bicyclic) bond motifs is 1. The van der Waals surface area contributed by atoms with Crippen LogP contribution in [0.15, 0.2) is 6.20 Å². The van der Waals surface area contributed by atoms with E-state index in [9.17, 15) is 4.79 Å². The molecule has 0 bridgehead atoms. The summed E-state index contributed by atoms with van der Waals surface area (Å²) < 4.78 is 0. The molecule has 18 heavy (non-hydrogen) atoms. The fourth-order valence-corrected chi connectivity index (χ4v) is 4.09. The molecule has 2 aliphatic heterocycles. The molecule has 3 heterocycles. The van der Waals surface area contributed by atoms with Crippen LogP contribution in [0.3, 0.4) is 0 Å². The number of likely N-dealkylation sites (tertiary alicyclic amines) is 1. The maximum absolute atomic E-state index is 12.6. The predicted octanol–water partition coefficient (Wildman–Crippen LogP) is 1.52. The van der Waals surface area contributed by atoms with Crippen LogP contribution in [0.2, 0.25) is 0 Å². The number of carbonyl (C=O) groups is 1. The third kappa shape index (κ3) is 1.68. The molecule has 1 aromatic rings. The minimum atomic E-state index is -0.0524. The number of carbonyl (C=O) groups excluding carboxylic acids is 1. The van der Waals surface area contributed by atoms with E-state index >= 15 is 0 Å². The lowest BCUT2D eigenvalue weighted by Crippen LogP contribution is -2.47. The van der Waals surface area contributed by atoms with E-state index in [4.69, 9.17) is 0 Å². The number of aryl methyl sites for hydroxylation is 1. The Hall–Kier alpha value is -0.940. The van der Waals surface area contributed by atoms with Crippen LogP contribution in [-0.4, -0.2) is 41.0 Å². The van der Waals surface area contributed by atoms with Crippen LogP contribution in [0.4, 0.5) is 0 Å². The topological polar surface area (TPSA) is 45.2 Å². The molecule has 2 atom stereocenters. The number of rotatable bonds is 1. The maximum atomic E-state index is 12.6. The van der Waals surface area contributed by atoms with Crippen molar-refractivity contribution in [2.45, 2.75) is 26.3 Å². The molecule has 0 radical (unpaired) electrons. The van der Waals surface area contributed by atoms with E-state index in [1.54, 1.807) is 6.20 Å². The zero-order valence-electron chi connectivity index (χ0n) is 11.1. The molecule has 98 valence electrons. The van der Waals surface area contributed by atoms with E-state index in [-0.39, 0.29) is 11.4 Å². The van der Waals surface area contributed by atoms with Crippen LogP contribution in [0, 0.1) is 18.8 Å². The Bertz CT molecular complexity index is 482. The Labute approximate surface area is 111 Å². The first-order chi connectivity index (χ1) is 8.50. The molecule has 1 N–H and O–H groups in total. The average molecular weight is 265 g/mol. The molecule has 0 aliphatic carbocycles. The van der Waals surface area contributed by atoms with Gasteiger partial charge in [-0.15, -0.1) is 11.3 Å². The molecule has 0 saturated carbocycles. The summed E-state index contributed by atoms with van der Waals surface area (Å²) in [4.78, 5) is 19.6. The third-order valence-corrected chi connectivity index (χ3v) is 5.34. The van der Waals surface area contributed by atoms with E-state index in [0.717, 1.165) is 29.5 Å². The number of thiazole rings is 1. The second-order valence-electron chi connectivity index (χ2n) is 5.84. The van der Waals surface area contributed by atoms with Crippen molar-refractivity contribution in [1.82, 2.24) is 15.2 Å². The molecule has 2 fully saturated rings. The quantitative estimate of drug-likeness (QED) is 0.837.